The van der Waals surface area contributed by atoms with Gasteiger partial charge in [0.1, 0.15) is 11.5 Å². The van der Waals surface area contributed by atoms with Crippen LogP contribution in [0.1, 0.15) is 48.1 Å². The molecule has 1 aliphatic heterocycles. The number of ether oxygens (including phenoxy) is 2. The molecule has 0 bridgehead atoms. The van der Waals surface area contributed by atoms with Crippen molar-refractivity contribution in [2.24, 2.45) is 0 Å². The Bertz CT molecular complexity index is 1020. The lowest BCUT2D eigenvalue weighted by Crippen LogP contribution is -2.32. The largest absolute Gasteiger partial charge is 0.507 e. The van der Waals surface area contributed by atoms with Crippen LogP contribution in [0.15, 0.2) is 48.0 Å². The Balaban J connectivity index is 2.19. The smallest absolute Gasteiger partial charge is 0.295 e. The van der Waals surface area contributed by atoms with E-state index in [4.69, 9.17) is 9.47 Å². The third-order valence-corrected chi connectivity index (χ3v) is 5.56. The summed E-state index contributed by atoms with van der Waals surface area (Å²) in [5.74, 6) is -0.652. The van der Waals surface area contributed by atoms with Crippen molar-refractivity contribution in [1.29, 1.82) is 0 Å². The lowest BCUT2D eigenvalue weighted by atomic mass is 9.92. The van der Waals surface area contributed by atoms with Gasteiger partial charge >= 0.3 is 0 Å². The Hall–Kier alpha value is -3.12. The fraction of sp³-hybridized carbons (Fsp3) is 0.360. The zero-order chi connectivity index (χ0) is 22.7. The molecule has 0 aliphatic carbocycles. The van der Waals surface area contributed by atoms with Gasteiger partial charge in [0.05, 0.1) is 25.3 Å². The maximum Gasteiger partial charge on any atom is 0.295 e. The fourth-order valence-electron chi connectivity index (χ4n) is 3.98. The van der Waals surface area contributed by atoms with Gasteiger partial charge in [0, 0.05) is 19.2 Å². The van der Waals surface area contributed by atoms with Crippen LogP contribution in [0.3, 0.4) is 0 Å². The number of amides is 1. The highest BCUT2D eigenvalue weighted by Gasteiger charge is 2.45. The van der Waals surface area contributed by atoms with E-state index in [9.17, 15) is 14.7 Å². The molecule has 6 heteroatoms. The maximum atomic E-state index is 13.0. The minimum Gasteiger partial charge on any atom is -0.507 e. The number of aliphatic hydroxyl groups excluding tert-OH is 1. The number of carbonyl (C=O) groups excluding carboxylic acids is 2. The number of benzene rings is 2. The van der Waals surface area contributed by atoms with Gasteiger partial charge in [0.15, 0.2) is 0 Å². The summed E-state index contributed by atoms with van der Waals surface area (Å²) in [7, 11) is 3.14. The Morgan fingerprint density at radius 2 is 1.87 bits per heavy atom. The van der Waals surface area contributed by atoms with Crippen molar-refractivity contribution in [3.63, 3.8) is 0 Å². The molecule has 1 fully saturated rings. The number of aliphatic hydroxyl groups is 1. The van der Waals surface area contributed by atoms with Gasteiger partial charge in [-0.25, -0.2) is 0 Å². The van der Waals surface area contributed by atoms with Crippen LogP contribution in [-0.2, 0) is 14.3 Å². The first kappa shape index (κ1) is 22.6. The number of hydrogen-bond donors (Lipinski definition) is 1. The normalized spacial score (nSPS) is 18.1. The van der Waals surface area contributed by atoms with E-state index in [1.807, 2.05) is 51.1 Å². The Morgan fingerprint density at radius 1 is 1.13 bits per heavy atom. The lowest BCUT2D eigenvalue weighted by Gasteiger charge is -2.25. The Labute approximate surface area is 183 Å². The van der Waals surface area contributed by atoms with Gasteiger partial charge in [-0.2, -0.15) is 0 Å². The summed E-state index contributed by atoms with van der Waals surface area (Å²) >= 11 is 0. The molecule has 0 saturated carbocycles. The summed E-state index contributed by atoms with van der Waals surface area (Å²) in [6, 6.07) is 12.2. The molecule has 164 valence electrons. The highest BCUT2D eigenvalue weighted by Crippen LogP contribution is 2.40. The second-order valence-corrected chi connectivity index (χ2v) is 8.01. The van der Waals surface area contributed by atoms with Crippen LogP contribution in [0, 0.1) is 6.92 Å². The van der Waals surface area contributed by atoms with E-state index in [1.54, 1.807) is 26.4 Å². The molecule has 1 atom stereocenters. The van der Waals surface area contributed by atoms with E-state index >= 15 is 0 Å². The molecule has 3 rings (SSSR count). The number of nitrogens with zero attached hydrogens (tertiary/aromatic N) is 1. The number of methoxy groups -OCH3 is 2. The monoisotopic (exact) mass is 423 g/mol. The zero-order valence-corrected chi connectivity index (χ0v) is 18.6. The summed E-state index contributed by atoms with van der Waals surface area (Å²) in [4.78, 5) is 27.4. The molecule has 0 spiro atoms. The molecule has 0 radical (unpaired) electrons. The standard InChI is InChI=1S/C25H29NO5/c1-15(2)19-14-18(9-10-20(19)31-5)23(27)21-22(17-8-6-7-16(3)13-17)26(11-12-30-4)25(29)24(21)28/h6-10,13-15,22,27H,11-12H2,1-5H3/b23-21-. The van der Waals surface area contributed by atoms with Crippen LogP contribution in [-0.4, -0.2) is 49.1 Å². The van der Waals surface area contributed by atoms with Crippen molar-refractivity contribution in [2.75, 3.05) is 27.4 Å². The van der Waals surface area contributed by atoms with E-state index in [0.717, 1.165) is 16.7 Å². The quantitative estimate of drug-likeness (QED) is 0.410. The lowest BCUT2D eigenvalue weighted by molar-refractivity contribution is -0.140. The second-order valence-electron chi connectivity index (χ2n) is 8.01. The van der Waals surface area contributed by atoms with Crippen molar-refractivity contribution < 1.29 is 24.2 Å². The first-order valence-electron chi connectivity index (χ1n) is 10.3. The van der Waals surface area contributed by atoms with Crippen LogP contribution in [0.2, 0.25) is 0 Å². The van der Waals surface area contributed by atoms with Gasteiger partial charge in [-0.1, -0.05) is 43.7 Å². The van der Waals surface area contributed by atoms with Crippen molar-refractivity contribution in [3.05, 3.63) is 70.3 Å². The second kappa shape index (κ2) is 9.35. The molecule has 1 aliphatic rings. The summed E-state index contributed by atoms with van der Waals surface area (Å²) in [6.45, 7) is 6.53. The predicted octanol–water partition coefficient (Wildman–Crippen LogP) is 4.20. The number of likely N-dealkylation sites (tertiary alicyclic amines) is 1. The average Bonchev–Trinajstić information content (AvgIpc) is 3.01. The summed E-state index contributed by atoms with van der Waals surface area (Å²) < 4.78 is 10.6. The highest BCUT2D eigenvalue weighted by atomic mass is 16.5. The molecule has 1 N–H and O–H groups in total. The van der Waals surface area contributed by atoms with Gasteiger partial charge in [-0.05, 0) is 42.2 Å². The fourth-order valence-corrected chi connectivity index (χ4v) is 3.98. The van der Waals surface area contributed by atoms with Gasteiger partial charge in [-0.15, -0.1) is 0 Å². The summed E-state index contributed by atoms with van der Waals surface area (Å²) in [5, 5.41) is 11.2. The van der Waals surface area contributed by atoms with Gasteiger partial charge in [-0.3, -0.25) is 9.59 Å². The van der Waals surface area contributed by atoms with Gasteiger partial charge in [0.2, 0.25) is 0 Å². The molecule has 1 unspecified atom stereocenters. The van der Waals surface area contributed by atoms with Crippen LogP contribution in [0.25, 0.3) is 5.76 Å². The number of aryl methyl sites for hydroxylation is 1. The number of carbonyl (C=O) groups is 2. The number of hydrogen-bond acceptors (Lipinski definition) is 5. The maximum absolute atomic E-state index is 13.0. The molecule has 1 amide bonds. The molecule has 1 heterocycles. The van der Waals surface area contributed by atoms with Crippen molar-refractivity contribution >= 4 is 17.4 Å². The van der Waals surface area contributed by atoms with E-state index in [-0.39, 0.29) is 30.4 Å². The van der Waals surface area contributed by atoms with E-state index in [0.29, 0.717) is 11.3 Å². The zero-order valence-electron chi connectivity index (χ0n) is 18.6. The van der Waals surface area contributed by atoms with E-state index in [1.165, 1.54) is 4.90 Å². The van der Waals surface area contributed by atoms with Crippen molar-refractivity contribution in [1.82, 2.24) is 4.90 Å². The van der Waals surface area contributed by atoms with Crippen LogP contribution in [0.5, 0.6) is 5.75 Å². The highest BCUT2D eigenvalue weighted by molar-refractivity contribution is 6.46. The molecule has 2 aromatic rings. The molecule has 1 saturated heterocycles. The predicted molar refractivity (Wildman–Crippen MR) is 119 cm³/mol. The third-order valence-electron chi connectivity index (χ3n) is 5.56. The summed E-state index contributed by atoms with van der Waals surface area (Å²) in [6.07, 6.45) is 0. The number of ketones is 1. The SMILES string of the molecule is COCCN1C(=O)C(=O)/C(=C(\O)c2ccc(OC)c(C(C)C)c2)C1c1cccc(C)c1. The number of rotatable bonds is 7. The molecule has 6 nitrogen and oxygen atoms in total. The number of Topliss-reactive ketones (excluding diaryl/α,β-unsaturated/α-hetero) is 1. The first-order chi connectivity index (χ1) is 14.8. The van der Waals surface area contributed by atoms with Gasteiger partial charge in [0.25, 0.3) is 11.7 Å². The Morgan fingerprint density at radius 3 is 2.48 bits per heavy atom. The van der Waals surface area contributed by atoms with Crippen LogP contribution >= 0.6 is 0 Å². The molecule has 31 heavy (non-hydrogen) atoms. The van der Waals surface area contributed by atoms with Crippen molar-refractivity contribution in [2.45, 2.75) is 32.7 Å². The first-order valence-corrected chi connectivity index (χ1v) is 10.3. The van der Waals surface area contributed by atoms with E-state index < -0.39 is 17.7 Å². The minimum absolute atomic E-state index is 0.0894. The van der Waals surface area contributed by atoms with Crippen LogP contribution < -0.4 is 4.74 Å². The molecular formula is C25H29NO5. The van der Waals surface area contributed by atoms with Gasteiger partial charge < -0.3 is 19.5 Å². The average molecular weight is 424 g/mol. The van der Waals surface area contributed by atoms with Crippen LogP contribution in [0.4, 0.5) is 0 Å². The van der Waals surface area contributed by atoms with E-state index in [2.05, 4.69) is 0 Å². The third kappa shape index (κ3) is 4.35. The molecule has 2 aromatic carbocycles. The molecule has 0 aromatic heterocycles. The van der Waals surface area contributed by atoms with Crippen molar-refractivity contribution in [3.8, 4) is 5.75 Å². The summed E-state index contributed by atoms with van der Waals surface area (Å²) in [5.41, 5.74) is 3.25. The molecular weight excluding hydrogens is 394 g/mol. The minimum atomic E-state index is -0.693. The Kier molecular flexibility index (Phi) is 6.81. The topological polar surface area (TPSA) is 76.1 Å².